The fraction of sp³-hybridized carbons (Fsp3) is 0.364. The predicted octanol–water partition coefficient (Wildman–Crippen LogP) is 2.61. The summed E-state index contributed by atoms with van der Waals surface area (Å²) < 4.78 is 39.4. The molecule has 86 valence electrons. The molecular formula is C11H9F3O2. The molecule has 2 rings (SSSR count). The Labute approximate surface area is 89.7 Å². The monoisotopic (exact) mass is 230 g/mol. The highest BCUT2D eigenvalue weighted by atomic mass is 19.2. The van der Waals surface area contributed by atoms with E-state index in [9.17, 15) is 18.0 Å². The van der Waals surface area contributed by atoms with Crippen LogP contribution in [-0.2, 0) is 10.2 Å². The van der Waals surface area contributed by atoms with Crippen molar-refractivity contribution in [3.05, 3.63) is 35.1 Å². The van der Waals surface area contributed by atoms with E-state index < -0.39 is 28.8 Å². The van der Waals surface area contributed by atoms with Gasteiger partial charge in [0.2, 0.25) is 0 Å². The summed E-state index contributed by atoms with van der Waals surface area (Å²) in [7, 11) is 0. The first-order valence-electron chi connectivity index (χ1n) is 4.81. The lowest BCUT2D eigenvalue weighted by molar-refractivity contribution is -0.137. The summed E-state index contributed by atoms with van der Waals surface area (Å²) in [5.74, 6) is -4.39. The standard InChI is InChI=1S/C11H9F3O2/c12-6-3-7(10(14)8(13)4-6)11(1-2-11)5-9(15)16/h3-4H,1-2,5H2,(H,15,16). The van der Waals surface area contributed by atoms with Crippen molar-refractivity contribution >= 4 is 5.97 Å². The van der Waals surface area contributed by atoms with Gasteiger partial charge in [0.25, 0.3) is 0 Å². The van der Waals surface area contributed by atoms with E-state index in [1.54, 1.807) is 0 Å². The normalized spacial score (nSPS) is 17.2. The highest BCUT2D eigenvalue weighted by Crippen LogP contribution is 2.52. The quantitative estimate of drug-likeness (QED) is 0.810. The van der Waals surface area contributed by atoms with Crippen molar-refractivity contribution in [1.82, 2.24) is 0 Å². The summed E-state index contributed by atoms with van der Waals surface area (Å²) >= 11 is 0. The first-order valence-corrected chi connectivity index (χ1v) is 4.81. The summed E-state index contributed by atoms with van der Waals surface area (Å²) in [5.41, 5.74) is -1.08. The lowest BCUT2D eigenvalue weighted by Crippen LogP contribution is -2.16. The lowest BCUT2D eigenvalue weighted by Gasteiger charge is -2.14. The van der Waals surface area contributed by atoms with Crippen LogP contribution in [0, 0.1) is 17.5 Å². The molecule has 0 amide bonds. The van der Waals surface area contributed by atoms with E-state index in [-0.39, 0.29) is 12.0 Å². The second kappa shape index (κ2) is 3.50. The molecule has 0 bridgehead atoms. The first kappa shape index (κ1) is 11.0. The molecule has 0 atom stereocenters. The highest BCUT2D eigenvalue weighted by Gasteiger charge is 2.48. The van der Waals surface area contributed by atoms with Crippen LogP contribution in [0.1, 0.15) is 24.8 Å². The number of carbonyl (C=O) groups is 1. The van der Waals surface area contributed by atoms with Gasteiger partial charge in [0, 0.05) is 17.0 Å². The molecule has 1 aromatic rings. The Hall–Kier alpha value is -1.52. The second-order valence-corrected chi connectivity index (χ2v) is 4.10. The van der Waals surface area contributed by atoms with E-state index in [0.717, 1.165) is 6.07 Å². The van der Waals surface area contributed by atoms with Crippen LogP contribution in [0.25, 0.3) is 0 Å². The second-order valence-electron chi connectivity index (χ2n) is 4.10. The van der Waals surface area contributed by atoms with Crippen LogP contribution in [0.4, 0.5) is 13.2 Å². The third-order valence-corrected chi connectivity index (χ3v) is 2.91. The fourth-order valence-corrected chi connectivity index (χ4v) is 1.92. The molecule has 1 aliphatic rings. The Morgan fingerprint density at radius 2 is 1.94 bits per heavy atom. The Bertz CT molecular complexity index is 453. The van der Waals surface area contributed by atoms with E-state index in [4.69, 9.17) is 5.11 Å². The minimum atomic E-state index is -1.27. The van der Waals surface area contributed by atoms with Crippen LogP contribution in [-0.4, -0.2) is 11.1 Å². The van der Waals surface area contributed by atoms with Crippen molar-refractivity contribution in [3.8, 4) is 0 Å². The van der Waals surface area contributed by atoms with Gasteiger partial charge in [-0.05, 0) is 18.9 Å². The molecule has 1 aromatic carbocycles. The van der Waals surface area contributed by atoms with E-state index in [0.29, 0.717) is 18.9 Å². The van der Waals surface area contributed by atoms with E-state index in [1.807, 2.05) is 0 Å². The van der Waals surface area contributed by atoms with Crippen LogP contribution >= 0.6 is 0 Å². The van der Waals surface area contributed by atoms with Crippen LogP contribution in [0.15, 0.2) is 12.1 Å². The zero-order chi connectivity index (χ0) is 11.9. The molecule has 0 heterocycles. The summed E-state index contributed by atoms with van der Waals surface area (Å²) in [5, 5.41) is 8.67. The number of hydrogen-bond acceptors (Lipinski definition) is 1. The van der Waals surface area contributed by atoms with Gasteiger partial charge in [-0.3, -0.25) is 4.79 Å². The van der Waals surface area contributed by atoms with Crippen molar-refractivity contribution in [2.45, 2.75) is 24.7 Å². The summed E-state index contributed by atoms with van der Waals surface area (Å²) in [6, 6.07) is 1.34. The largest absolute Gasteiger partial charge is 0.481 e. The molecular weight excluding hydrogens is 221 g/mol. The molecule has 0 aromatic heterocycles. The number of carboxylic acid groups (broad SMARTS) is 1. The summed E-state index contributed by atoms with van der Waals surface area (Å²) in [6.07, 6.45) is 0.588. The molecule has 0 aliphatic heterocycles. The molecule has 5 heteroatoms. The highest BCUT2D eigenvalue weighted by molar-refractivity contribution is 5.70. The van der Waals surface area contributed by atoms with Gasteiger partial charge in [-0.15, -0.1) is 0 Å². The predicted molar refractivity (Wildman–Crippen MR) is 49.5 cm³/mol. The Morgan fingerprint density at radius 3 is 2.44 bits per heavy atom. The van der Waals surface area contributed by atoms with Crippen molar-refractivity contribution in [1.29, 1.82) is 0 Å². The van der Waals surface area contributed by atoms with Crippen LogP contribution in [0.3, 0.4) is 0 Å². The van der Waals surface area contributed by atoms with E-state index in [1.165, 1.54) is 0 Å². The smallest absolute Gasteiger partial charge is 0.304 e. The maximum Gasteiger partial charge on any atom is 0.304 e. The van der Waals surface area contributed by atoms with Crippen molar-refractivity contribution in [2.24, 2.45) is 0 Å². The molecule has 0 unspecified atom stereocenters. The van der Waals surface area contributed by atoms with Crippen molar-refractivity contribution < 1.29 is 23.1 Å². The van der Waals surface area contributed by atoms with Crippen LogP contribution in [0.5, 0.6) is 0 Å². The maximum absolute atomic E-state index is 13.4. The molecule has 2 nitrogen and oxygen atoms in total. The van der Waals surface area contributed by atoms with Crippen LogP contribution in [0.2, 0.25) is 0 Å². The third-order valence-electron chi connectivity index (χ3n) is 2.91. The van der Waals surface area contributed by atoms with Crippen LogP contribution < -0.4 is 0 Å². The number of carboxylic acids is 1. The maximum atomic E-state index is 13.4. The number of rotatable bonds is 3. The number of hydrogen-bond donors (Lipinski definition) is 1. The lowest BCUT2D eigenvalue weighted by atomic mass is 9.91. The van der Waals surface area contributed by atoms with Gasteiger partial charge in [-0.1, -0.05) is 0 Å². The van der Waals surface area contributed by atoms with Gasteiger partial charge in [0.1, 0.15) is 5.82 Å². The topological polar surface area (TPSA) is 37.3 Å². The average Bonchev–Trinajstić information content (AvgIpc) is 2.91. The molecule has 1 aliphatic carbocycles. The Kier molecular flexibility index (Phi) is 2.40. The molecule has 0 saturated heterocycles. The van der Waals surface area contributed by atoms with E-state index in [2.05, 4.69) is 0 Å². The zero-order valence-corrected chi connectivity index (χ0v) is 8.27. The summed E-state index contributed by atoms with van der Waals surface area (Å²) in [6.45, 7) is 0. The first-order chi connectivity index (χ1) is 7.44. The Morgan fingerprint density at radius 1 is 1.31 bits per heavy atom. The van der Waals surface area contributed by atoms with Gasteiger partial charge in [0.15, 0.2) is 11.6 Å². The van der Waals surface area contributed by atoms with Crippen molar-refractivity contribution in [2.75, 3.05) is 0 Å². The zero-order valence-electron chi connectivity index (χ0n) is 8.27. The van der Waals surface area contributed by atoms with Gasteiger partial charge >= 0.3 is 5.97 Å². The molecule has 0 spiro atoms. The number of halogens is 3. The molecule has 16 heavy (non-hydrogen) atoms. The van der Waals surface area contributed by atoms with E-state index >= 15 is 0 Å². The van der Waals surface area contributed by atoms with Gasteiger partial charge in [0.05, 0.1) is 6.42 Å². The van der Waals surface area contributed by atoms with Gasteiger partial charge < -0.3 is 5.11 Å². The average molecular weight is 230 g/mol. The summed E-state index contributed by atoms with van der Waals surface area (Å²) in [4.78, 5) is 10.6. The molecule has 0 radical (unpaired) electrons. The Balaban J connectivity index is 2.44. The number of aliphatic carboxylic acids is 1. The minimum absolute atomic E-state index is 0.160. The molecule has 1 N–H and O–H groups in total. The number of benzene rings is 1. The molecule has 1 saturated carbocycles. The molecule has 1 fully saturated rings. The van der Waals surface area contributed by atoms with Gasteiger partial charge in [-0.2, -0.15) is 0 Å². The fourth-order valence-electron chi connectivity index (χ4n) is 1.92. The SMILES string of the molecule is O=C(O)CC1(c2cc(F)cc(F)c2F)CC1. The van der Waals surface area contributed by atoms with Gasteiger partial charge in [-0.25, -0.2) is 13.2 Å². The third kappa shape index (κ3) is 1.77. The van der Waals surface area contributed by atoms with Crippen molar-refractivity contribution in [3.63, 3.8) is 0 Å². The minimum Gasteiger partial charge on any atom is -0.481 e.